The third-order valence-electron chi connectivity index (χ3n) is 5.19. The Morgan fingerprint density at radius 2 is 2.00 bits per heavy atom. The van der Waals surface area contributed by atoms with E-state index in [4.69, 9.17) is 16.3 Å². The van der Waals surface area contributed by atoms with Gasteiger partial charge in [0.25, 0.3) is 5.56 Å². The van der Waals surface area contributed by atoms with Crippen molar-refractivity contribution in [3.63, 3.8) is 0 Å². The van der Waals surface area contributed by atoms with Gasteiger partial charge in [0, 0.05) is 35.1 Å². The fourth-order valence-electron chi connectivity index (χ4n) is 3.60. The number of rotatable bonds is 5. The van der Waals surface area contributed by atoms with E-state index in [1.54, 1.807) is 25.4 Å². The standard InChI is InChI=1S/C24H22ClN3O2/c1-14-13-26-8-7-19(14)16-5-4-6-18(9-16)27-15(2)20-10-17-11-21(25)23(30-3)12-22(17)28-24(20)29/h4-13,15,27H,1-3H3,(H,28,29). The van der Waals surface area contributed by atoms with Gasteiger partial charge in [-0.05, 0) is 60.9 Å². The molecule has 0 aliphatic heterocycles. The van der Waals surface area contributed by atoms with Crippen LogP contribution >= 0.6 is 11.6 Å². The van der Waals surface area contributed by atoms with E-state index >= 15 is 0 Å². The molecule has 2 aromatic heterocycles. The molecule has 1 unspecified atom stereocenters. The average molecular weight is 420 g/mol. The maximum atomic E-state index is 12.7. The maximum absolute atomic E-state index is 12.7. The topological polar surface area (TPSA) is 67.0 Å². The first-order valence-corrected chi connectivity index (χ1v) is 10.0. The normalized spacial score (nSPS) is 12.0. The van der Waals surface area contributed by atoms with Crippen molar-refractivity contribution in [1.82, 2.24) is 9.97 Å². The van der Waals surface area contributed by atoms with Gasteiger partial charge in [-0.3, -0.25) is 9.78 Å². The average Bonchev–Trinajstić information content (AvgIpc) is 2.73. The second-order valence-electron chi connectivity index (χ2n) is 7.27. The summed E-state index contributed by atoms with van der Waals surface area (Å²) < 4.78 is 5.24. The molecule has 152 valence electrons. The number of anilines is 1. The number of nitrogens with zero attached hydrogens (tertiary/aromatic N) is 1. The summed E-state index contributed by atoms with van der Waals surface area (Å²) in [6, 6.07) is 15.3. The van der Waals surface area contributed by atoms with Crippen molar-refractivity contribution in [2.75, 3.05) is 12.4 Å². The Morgan fingerprint density at radius 3 is 2.77 bits per heavy atom. The molecule has 5 nitrogen and oxygen atoms in total. The van der Waals surface area contributed by atoms with Crippen molar-refractivity contribution in [1.29, 1.82) is 0 Å². The Hall–Kier alpha value is -3.31. The summed E-state index contributed by atoms with van der Waals surface area (Å²) in [6.07, 6.45) is 3.65. The lowest BCUT2D eigenvalue weighted by Gasteiger charge is -2.17. The molecule has 0 fully saturated rings. The first-order chi connectivity index (χ1) is 14.5. The number of hydrogen-bond donors (Lipinski definition) is 2. The molecule has 1 atom stereocenters. The van der Waals surface area contributed by atoms with Gasteiger partial charge in [-0.1, -0.05) is 23.7 Å². The number of aromatic amines is 1. The lowest BCUT2D eigenvalue weighted by atomic mass is 10.0. The Bertz CT molecular complexity index is 1280. The number of methoxy groups -OCH3 is 1. The van der Waals surface area contributed by atoms with Crippen LogP contribution in [0.15, 0.2) is 65.7 Å². The van der Waals surface area contributed by atoms with Crippen LogP contribution in [0.25, 0.3) is 22.0 Å². The Kier molecular flexibility index (Phi) is 5.46. The Morgan fingerprint density at radius 1 is 1.17 bits per heavy atom. The fraction of sp³-hybridized carbons (Fsp3) is 0.167. The zero-order chi connectivity index (χ0) is 21.3. The predicted octanol–water partition coefficient (Wildman–Crippen LogP) is 5.73. The van der Waals surface area contributed by atoms with Gasteiger partial charge in [-0.2, -0.15) is 0 Å². The molecule has 0 saturated heterocycles. The molecule has 6 heteroatoms. The van der Waals surface area contributed by atoms with Gasteiger partial charge in [-0.15, -0.1) is 0 Å². The summed E-state index contributed by atoms with van der Waals surface area (Å²) >= 11 is 6.26. The summed E-state index contributed by atoms with van der Waals surface area (Å²) in [5, 5.41) is 4.79. The van der Waals surface area contributed by atoms with Crippen LogP contribution in [0.1, 0.15) is 24.1 Å². The quantitative estimate of drug-likeness (QED) is 0.433. The molecule has 0 saturated carbocycles. The molecule has 0 amide bonds. The van der Waals surface area contributed by atoms with Crippen LogP contribution < -0.4 is 15.6 Å². The molecule has 2 heterocycles. The van der Waals surface area contributed by atoms with Crippen molar-refractivity contribution in [3.05, 3.63) is 87.4 Å². The number of pyridine rings is 2. The van der Waals surface area contributed by atoms with Crippen LogP contribution in [-0.4, -0.2) is 17.1 Å². The SMILES string of the molecule is COc1cc2[nH]c(=O)c(C(C)Nc3cccc(-c4ccncc4C)c3)cc2cc1Cl. The second-order valence-corrected chi connectivity index (χ2v) is 7.67. The summed E-state index contributed by atoms with van der Waals surface area (Å²) in [5.74, 6) is 0.530. The van der Waals surface area contributed by atoms with Crippen LogP contribution in [0.5, 0.6) is 5.75 Å². The van der Waals surface area contributed by atoms with Crippen LogP contribution in [0.3, 0.4) is 0 Å². The number of benzene rings is 2. The number of halogens is 1. The third-order valence-corrected chi connectivity index (χ3v) is 5.48. The molecule has 0 aliphatic carbocycles. The lowest BCUT2D eigenvalue weighted by molar-refractivity contribution is 0.415. The van der Waals surface area contributed by atoms with E-state index in [1.165, 1.54) is 0 Å². The highest BCUT2D eigenvalue weighted by atomic mass is 35.5. The minimum atomic E-state index is -0.201. The van der Waals surface area contributed by atoms with E-state index in [-0.39, 0.29) is 11.6 Å². The molecule has 0 radical (unpaired) electrons. The predicted molar refractivity (Wildman–Crippen MR) is 123 cm³/mol. The lowest BCUT2D eigenvalue weighted by Crippen LogP contribution is -2.19. The van der Waals surface area contributed by atoms with E-state index in [0.717, 1.165) is 27.8 Å². The van der Waals surface area contributed by atoms with Crippen LogP contribution in [-0.2, 0) is 0 Å². The minimum Gasteiger partial charge on any atom is -0.495 e. The third kappa shape index (κ3) is 3.89. The molecular weight excluding hydrogens is 398 g/mol. The van der Waals surface area contributed by atoms with E-state index in [9.17, 15) is 4.79 Å². The number of aryl methyl sites for hydroxylation is 1. The molecule has 30 heavy (non-hydrogen) atoms. The Balaban J connectivity index is 1.66. The largest absolute Gasteiger partial charge is 0.495 e. The molecule has 0 bridgehead atoms. The molecule has 2 N–H and O–H groups in total. The maximum Gasteiger partial charge on any atom is 0.253 e. The number of hydrogen-bond acceptors (Lipinski definition) is 4. The number of H-pyrrole nitrogens is 1. The van der Waals surface area contributed by atoms with Crippen molar-refractivity contribution in [2.24, 2.45) is 0 Å². The van der Waals surface area contributed by atoms with Gasteiger partial charge in [0.2, 0.25) is 0 Å². The highest BCUT2D eigenvalue weighted by Gasteiger charge is 2.13. The molecule has 0 aliphatic rings. The van der Waals surface area contributed by atoms with Gasteiger partial charge >= 0.3 is 0 Å². The van der Waals surface area contributed by atoms with E-state index in [2.05, 4.69) is 27.4 Å². The van der Waals surface area contributed by atoms with Crippen molar-refractivity contribution >= 4 is 28.2 Å². The van der Waals surface area contributed by atoms with Crippen LogP contribution in [0.2, 0.25) is 5.02 Å². The van der Waals surface area contributed by atoms with Gasteiger partial charge < -0.3 is 15.0 Å². The summed E-state index contributed by atoms with van der Waals surface area (Å²) in [6.45, 7) is 4.01. The van der Waals surface area contributed by atoms with Gasteiger partial charge in [0.15, 0.2) is 0 Å². The summed E-state index contributed by atoms with van der Waals surface area (Å²) in [4.78, 5) is 19.8. The van der Waals surface area contributed by atoms with E-state index in [1.807, 2.05) is 44.3 Å². The zero-order valence-corrected chi connectivity index (χ0v) is 17.7. The van der Waals surface area contributed by atoms with Crippen LogP contribution in [0.4, 0.5) is 5.69 Å². The smallest absolute Gasteiger partial charge is 0.253 e. The first-order valence-electron chi connectivity index (χ1n) is 9.64. The van der Waals surface area contributed by atoms with Crippen molar-refractivity contribution in [3.8, 4) is 16.9 Å². The first kappa shape index (κ1) is 20.0. The van der Waals surface area contributed by atoms with Gasteiger partial charge in [0.1, 0.15) is 5.75 Å². The summed E-state index contributed by atoms with van der Waals surface area (Å²) in [7, 11) is 1.55. The number of fused-ring (bicyclic) bond motifs is 1. The molecule has 4 rings (SSSR count). The molecule has 2 aromatic carbocycles. The molecular formula is C24H22ClN3O2. The monoisotopic (exact) mass is 419 g/mol. The Labute approximate surface area is 179 Å². The highest BCUT2D eigenvalue weighted by Crippen LogP contribution is 2.30. The van der Waals surface area contributed by atoms with Crippen molar-refractivity contribution in [2.45, 2.75) is 19.9 Å². The molecule has 0 spiro atoms. The fourth-order valence-corrected chi connectivity index (χ4v) is 3.85. The number of ether oxygens (including phenoxy) is 1. The zero-order valence-electron chi connectivity index (χ0n) is 17.0. The minimum absolute atomic E-state index is 0.145. The van der Waals surface area contributed by atoms with Gasteiger partial charge in [-0.25, -0.2) is 0 Å². The highest BCUT2D eigenvalue weighted by molar-refractivity contribution is 6.32. The van der Waals surface area contributed by atoms with Crippen molar-refractivity contribution < 1.29 is 4.74 Å². The van der Waals surface area contributed by atoms with E-state index in [0.29, 0.717) is 21.9 Å². The van der Waals surface area contributed by atoms with Crippen LogP contribution in [0, 0.1) is 6.92 Å². The summed E-state index contributed by atoms with van der Waals surface area (Å²) in [5.41, 5.74) is 5.45. The number of aromatic nitrogens is 2. The molecule has 4 aromatic rings. The van der Waals surface area contributed by atoms with E-state index < -0.39 is 0 Å². The number of nitrogens with one attached hydrogen (secondary N) is 2. The van der Waals surface area contributed by atoms with Gasteiger partial charge in [0.05, 0.1) is 23.7 Å². The second kappa shape index (κ2) is 8.20.